The van der Waals surface area contributed by atoms with E-state index in [1.54, 1.807) is 0 Å². The van der Waals surface area contributed by atoms with Gasteiger partial charge in [-0.25, -0.2) is 0 Å². The van der Waals surface area contributed by atoms with Gasteiger partial charge in [0.25, 0.3) is 0 Å². The standard InChI is InChI=1S/C21H21ClN2O/c22-15-4-6-16(7-5-15)25-17-12-14-2-1-3-19-18-8-10-23-11-9-20(18)24(13-17)21(14)19/h1-7,17,23H,8-13H2. The van der Waals surface area contributed by atoms with Crippen molar-refractivity contribution >= 4 is 22.5 Å². The van der Waals surface area contributed by atoms with Crippen LogP contribution in [0, 0.1) is 0 Å². The number of para-hydroxylation sites is 1. The molecule has 0 amide bonds. The predicted octanol–water partition coefficient (Wildman–Crippen LogP) is 3.99. The van der Waals surface area contributed by atoms with E-state index in [1.807, 2.05) is 24.3 Å². The summed E-state index contributed by atoms with van der Waals surface area (Å²) in [5.41, 5.74) is 5.87. The van der Waals surface area contributed by atoms with Crippen LogP contribution in [0.4, 0.5) is 0 Å². The highest BCUT2D eigenvalue weighted by Crippen LogP contribution is 2.35. The number of nitrogens with zero attached hydrogens (tertiary/aromatic N) is 1. The summed E-state index contributed by atoms with van der Waals surface area (Å²) in [4.78, 5) is 0. The third-order valence-electron chi connectivity index (χ3n) is 5.43. The lowest BCUT2D eigenvalue weighted by molar-refractivity contribution is 0.176. The van der Waals surface area contributed by atoms with Crippen molar-refractivity contribution in [2.45, 2.75) is 31.9 Å². The van der Waals surface area contributed by atoms with Gasteiger partial charge >= 0.3 is 0 Å². The number of halogens is 1. The quantitative estimate of drug-likeness (QED) is 0.754. The number of aromatic nitrogens is 1. The molecule has 128 valence electrons. The van der Waals surface area contributed by atoms with E-state index < -0.39 is 0 Å². The SMILES string of the molecule is Clc1ccc(OC2Cc3cccc4c5c(n(c34)C2)CCNCC5)cc1. The van der Waals surface area contributed by atoms with E-state index in [9.17, 15) is 0 Å². The highest BCUT2D eigenvalue weighted by Gasteiger charge is 2.27. The first kappa shape index (κ1) is 15.3. The number of hydrogen-bond donors (Lipinski definition) is 1. The molecule has 2 aromatic carbocycles. The Bertz CT molecular complexity index is 929. The molecule has 0 fully saturated rings. The van der Waals surface area contributed by atoms with E-state index >= 15 is 0 Å². The Labute approximate surface area is 152 Å². The molecule has 1 unspecified atom stereocenters. The van der Waals surface area contributed by atoms with Crippen molar-refractivity contribution in [1.82, 2.24) is 9.88 Å². The van der Waals surface area contributed by atoms with Gasteiger partial charge in [0, 0.05) is 35.5 Å². The molecule has 1 aromatic heterocycles. The number of ether oxygens (including phenoxy) is 1. The molecule has 0 aliphatic carbocycles. The van der Waals surface area contributed by atoms with Gasteiger partial charge in [0.05, 0.1) is 12.1 Å². The van der Waals surface area contributed by atoms with Crippen molar-refractivity contribution in [3.63, 3.8) is 0 Å². The zero-order chi connectivity index (χ0) is 16.8. The lowest BCUT2D eigenvalue weighted by atomic mass is 10.00. The lowest BCUT2D eigenvalue weighted by Crippen LogP contribution is -2.30. The van der Waals surface area contributed by atoms with Crippen molar-refractivity contribution in [3.05, 3.63) is 64.3 Å². The summed E-state index contributed by atoms with van der Waals surface area (Å²) < 4.78 is 8.82. The summed E-state index contributed by atoms with van der Waals surface area (Å²) in [6, 6.07) is 14.4. The predicted molar refractivity (Wildman–Crippen MR) is 102 cm³/mol. The van der Waals surface area contributed by atoms with Crippen LogP contribution in [0.15, 0.2) is 42.5 Å². The van der Waals surface area contributed by atoms with E-state index in [2.05, 4.69) is 28.1 Å². The van der Waals surface area contributed by atoms with E-state index in [1.165, 1.54) is 27.7 Å². The molecule has 3 aromatic rings. The van der Waals surface area contributed by atoms with Gasteiger partial charge in [-0.05, 0) is 48.4 Å². The van der Waals surface area contributed by atoms with Crippen molar-refractivity contribution in [1.29, 1.82) is 0 Å². The van der Waals surface area contributed by atoms with Crippen LogP contribution < -0.4 is 10.1 Å². The van der Waals surface area contributed by atoms with E-state index in [-0.39, 0.29) is 6.10 Å². The zero-order valence-corrected chi connectivity index (χ0v) is 14.9. The summed E-state index contributed by atoms with van der Waals surface area (Å²) in [7, 11) is 0. The second-order valence-corrected chi connectivity index (χ2v) is 7.43. The minimum atomic E-state index is 0.159. The summed E-state index contributed by atoms with van der Waals surface area (Å²) in [6.45, 7) is 3.05. The Morgan fingerprint density at radius 1 is 1.04 bits per heavy atom. The van der Waals surface area contributed by atoms with Crippen LogP contribution in [0.25, 0.3) is 10.9 Å². The van der Waals surface area contributed by atoms with Crippen molar-refractivity contribution in [2.24, 2.45) is 0 Å². The summed E-state index contributed by atoms with van der Waals surface area (Å²) >= 11 is 5.99. The molecule has 3 heterocycles. The number of benzene rings is 2. The molecular weight excluding hydrogens is 332 g/mol. The van der Waals surface area contributed by atoms with Crippen LogP contribution in [0.1, 0.15) is 16.8 Å². The smallest absolute Gasteiger partial charge is 0.121 e. The number of rotatable bonds is 2. The molecule has 0 saturated heterocycles. The first-order valence-corrected chi connectivity index (χ1v) is 9.42. The van der Waals surface area contributed by atoms with Crippen LogP contribution in [0.5, 0.6) is 5.75 Å². The van der Waals surface area contributed by atoms with Crippen LogP contribution in [0.3, 0.4) is 0 Å². The molecule has 4 heteroatoms. The first-order chi connectivity index (χ1) is 12.3. The lowest BCUT2D eigenvalue weighted by Gasteiger charge is -2.27. The highest BCUT2D eigenvalue weighted by atomic mass is 35.5. The number of hydrogen-bond acceptors (Lipinski definition) is 2. The molecule has 0 radical (unpaired) electrons. The molecule has 0 saturated carbocycles. The Morgan fingerprint density at radius 2 is 1.88 bits per heavy atom. The number of nitrogens with one attached hydrogen (secondary N) is 1. The first-order valence-electron chi connectivity index (χ1n) is 9.04. The maximum atomic E-state index is 6.29. The monoisotopic (exact) mass is 352 g/mol. The van der Waals surface area contributed by atoms with Crippen molar-refractivity contribution in [3.8, 4) is 5.75 Å². The molecular formula is C21H21ClN2O. The van der Waals surface area contributed by atoms with E-state index in [0.29, 0.717) is 0 Å². The molecule has 2 aliphatic heterocycles. The summed E-state index contributed by atoms with van der Waals surface area (Å²) in [5.74, 6) is 0.893. The molecule has 3 nitrogen and oxygen atoms in total. The van der Waals surface area contributed by atoms with Gasteiger partial charge in [-0.1, -0.05) is 29.8 Å². The highest BCUT2D eigenvalue weighted by molar-refractivity contribution is 6.30. The zero-order valence-electron chi connectivity index (χ0n) is 14.1. The summed E-state index contributed by atoms with van der Waals surface area (Å²) in [5, 5.41) is 5.72. The van der Waals surface area contributed by atoms with Gasteiger partial charge in [-0.15, -0.1) is 0 Å². The molecule has 1 N–H and O–H groups in total. The second kappa shape index (κ2) is 6.08. The molecule has 5 rings (SSSR count). The molecule has 0 spiro atoms. The van der Waals surface area contributed by atoms with Crippen molar-refractivity contribution in [2.75, 3.05) is 13.1 Å². The van der Waals surface area contributed by atoms with Crippen LogP contribution in [-0.2, 0) is 25.8 Å². The van der Waals surface area contributed by atoms with Crippen LogP contribution in [0.2, 0.25) is 5.02 Å². The van der Waals surface area contributed by atoms with Crippen molar-refractivity contribution < 1.29 is 4.74 Å². The molecule has 1 atom stereocenters. The van der Waals surface area contributed by atoms with E-state index in [0.717, 1.165) is 49.7 Å². The fraction of sp³-hybridized carbons (Fsp3) is 0.333. The topological polar surface area (TPSA) is 26.2 Å². The third kappa shape index (κ3) is 2.62. The third-order valence-corrected chi connectivity index (χ3v) is 5.68. The van der Waals surface area contributed by atoms with Gasteiger partial charge in [0.1, 0.15) is 11.9 Å². The fourth-order valence-electron chi connectivity index (χ4n) is 4.38. The largest absolute Gasteiger partial charge is 0.488 e. The van der Waals surface area contributed by atoms with E-state index in [4.69, 9.17) is 16.3 Å². The van der Waals surface area contributed by atoms with Gasteiger partial charge in [-0.3, -0.25) is 0 Å². The van der Waals surface area contributed by atoms with Gasteiger partial charge in [0.2, 0.25) is 0 Å². The maximum absolute atomic E-state index is 6.29. The number of fused-ring (bicyclic) bond motifs is 3. The average Bonchev–Trinajstić information content (AvgIpc) is 2.79. The Balaban J connectivity index is 1.54. The maximum Gasteiger partial charge on any atom is 0.121 e. The summed E-state index contributed by atoms with van der Waals surface area (Å²) in [6.07, 6.45) is 3.33. The molecule has 0 bridgehead atoms. The fourth-order valence-corrected chi connectivity index (χ4v) is 4.51. The van der Waals surface area contributed by atoms with Gasteiger partial charge in [-0.2, -0.15) is 0 Å². The normalized spacial score (nSPS) is 19.5. The minimum Gasteiger partial charge on any atom is -0.488 e. The Hall–Kier alpha value is -1.97. The van der Waals surface area contributed by atoms with Crippen LogP contribution in [-0.4, -0.2) is 23.8 Å². The molecule has 25 heavy (non-hydrogen) atoms. The Kier molecular flexibility index (Phi) is 3.72. The second-order valence-electron chi connectivity index (χ2n) is 7.00. The van der Waals surface area contributed by atoms with Crippen LogP contribution >= 0.6 is 11.6 Å². The Morgan fingerprint density at radius 3 is 2.76 bits per heavy atom. The molecule has 2 aliphatic rings. The van der Waals surface area contributed by atoms with Gasteiger partial charge < -0.3 is 14.6 Å². The minimum absolute atomic E-state index is 0.159. The van der Waals surface area contributed by atoms with Gasteiger partial charge in [0.15, 0.2) is 0 Å². The average molecular weight is 353 g/mol.